The molecule has 1 N–H and O–H groups in total. The van der Waals surface area contributed by atoms with Crippen molar-refractivity contribution in [3.8, 4) is 11.5 Å². The van der Waals surface area contributed by atoms with Crippen molar-refractivity contribution in [2.24, 2.45) is 5.41 Å². The largest absolute Gasteiger partial charge is 0.493 e. The van der Waals surface area contributed by atoms with Crippen LogP contribution in [0.3, 0.4) is 0 Å². The van der Waals surface area contributed by atoms with Gasteiger partial charge in [-0.15, -0.1) is 0 Å². The molecule has 0 aromatic heterocycles. The molecule has 1 saturated carbocycles. The van der Waals surface area contributed by atoms with Gasteiger partial charge in [0, 0.05) is 4.47 Å². The standard InChI is InChI=1S/C17H23BrO4/c1-17(2,16(19)20)10-11-8-14(21-3)15(9-13(11)18)22-12-6-4-5-7-12/h8-9,12H,4-7,10H2,1-3H3,(H,19,20). The zero-order valence-electron chi connectivity index (χ0n) is 13.3. The SMILES string of the molecule is COc1cc(CC(C)(C)C(=O)O)c(Br)cc1OC1CCCC1. The Labute approximate surface area is 139 Å². The van der Waals surface area contributed by atoms with E-state index in [4.69, 9.17) is 9.47 Å². The first-order chi connectivity index (χ1) is 10.3. The fourth-order valence-corrected chi connectivity index (χ4v) is 3.16. The smallest absolute Gasteiger partial charge is 0.309 e. The molecule has 22 heavy (non-hydrogen) atoms. The Morgan fingerprint density at radius 1 is 1.32 bits per heavy atom. The average molecular weight is 371 g/mol. The molecule has 1 aromatic rings. The van der Waals surface area contributed by atoms with Crippen LogP contribution in [0.4, 0.5) is 0 Å². The third kappa shape index (κ3) is 3.94. The van der Waals surface area contributed by atoms with E-state index in [0.717, 1.165) is 28.6 Å². The highest BCUT2D eigenvalue weighted by atomic mass is 79.9. The number of aliphatic carboxylic acids is 1. The van der Waals surface area contributed by atoms with Crippen LogP contribution in [0, 0.1) is 5.41 Å². The first-order valence-corrected chi connectivity index (χ1v) is 8.39. The van der Waals surface area contributed by atoms with E-state index >= 15 is 0 Å². The minimum Gasteiger partial charge on any atom is -0.493 e. The van der Waals surface area contributed by atoms with Crippen LogP contribution in [0.1, 0.15) is 45.1 Å². The molecule has 0 unspecified atom stereocenters. The molecule has 1 aliphatic carbocycles. The van der Waals surface area contributed by atoms with Crippen molar-refractivity contribution in [2.75, 3.05) is 7.11 Å². The van der Waals surface area contributed by atoms with Crippen molar-refractivity contribution in [1.29, 1.82) is 0 Å². The zero-order valence-corrected chi connectivity index (χ0v) is 14.9. The number of rotatable bonds is 6. The zero-order chi connectivity index (χ0) is 16.3. The number of hydrogen-bond acceptors (Lipinski definition) is 3. The van der Waals surface area contributed by atoms with Gasteiger partial charge in [0.2, 0.25) is 0 Å². The number of carboxylic acids is 1. The molecule has 0 bridgehead atoms. The summed E-state index contributed by atoms with van der Waals surface area (Å²) >= 11 is 3.53. The number of benzene rings is 1. The lowest BCUT2D eigenvalue weighted by molar-refractivity contribution is -0.146. The summed E-state index contributed by atoms with van der Waals surface area (Å²) in [5.41, 5.74) is 0.0736. The van der Waals surface area contributed by atoms with Crippen molar-refractivity contribution in [3.05, 3.63) is 22.2 Å². The van der Waals surface area contributed by atoms with Crippen LogP contribution in [0.2, 0.25) is 0 Å². The summed E-state index contributed by atoms with van der Waals surface area (Å²) in [5, 5.41) is 9.29. The lowest BCUT2D eigenvalue weighted by atomic mass is 9.86. The molecular weight excluding hydrogens is 348 g/mol. The Kier molecular flexibility index (Phi) is 5.37. The van der Waals surface area contributed by atoms with Gasteiger partial charge in [-0.25, -0.2) is 0 Å². The number of halogens is 1. The molecule has 5 heteroatoms. The lowest BCUT2D eigenvalue weighted by Crippen LogP contribution is -2.26. The van der Waals surface area contributed by atoms with Crippen molar-refractivity contribution in [2.45, 2.75) is 52.1 Å². The summed E-state index contributed by atoms with van der Waals surface area (Å²) in [5.74, 6) is 0.564. The van der Waals surface area contributed by atoms with Gasteiger partial charge in [0.15, 0.2) is 11.5 Å². The first-order valence-electron chi connectivity index (χ1n) is 7.60. The van der Waals surface area contributed by atoms with E-state index in [0.29, 0.717) is 12.2 Å². The van der Waals surface area contributed by atoms with Crippen molar-refractivity contribution in [3.63, 3.8) is 0 Å². The van der Waals surface area contributed by atoms with E-state index in [9.17, 15) is 9.90 Å². The predicted octanol–water partition coefficient (Wildman–Crippen LogP) is 4.43. The summed E-state index contributed by atoms with van der Waals surface area (Å²) in [6.45, 7) is 3.44. The van der Waals surface area contributed by atoms with Gasteiger partial charge in [-0.1, -0.05) is 15.9 Å². The van der Waals surface area contributed by atoms with Gasteiger partial charge in [-0.3, -0.25) is 4.79 Å². The van der Waals surface area contributed by atoms with Crippen LogP contribution in [-0.2, 0) is 11.2 Å². The normalized spacial score (nSPS) is 15.8. The highest BCUT2D eigenvalue weighted by Gasteiger charge is 2.29. The summed E-state index contributed by atoms with van der Waals surface area (Å²) in [6.07, 6.45) is 5.24. The van der Waals surface area contributed by atoms with E-state index in [1.807, 2.05) is 12.1 Å². The van der Waals surface area contributed by atoms with Crippen molar-refractivity contribution < 1.29 is 19.4 Å². The van der Waals surface area contributed by atoms with E-state index in [1.165, 1.54) is 12.8 Å². The molecule has 4 nitrogen and oxygen atoms in total. The van der Waals surface area contributed by atoms with E-state index in [2.05, 4.69) is 15.9 Å². The summed E-state index contributed by atoms with van der Waals surface area (Å²) in [4.78, 5) is 11.3. The Balaban J connectivity index is 2.24. The molecule has 0 radical (unpaired) electrons. The van der Waals surface area contributed by atoms with Gasteiger partial charge in [-0.05, 0) is 63.6 Å². The molecule has 0 heterocycles. The van der Waals surface area contributed by atoms with Crippen molar-refractivity contribution >= 4 is 21.9 Å². The first kappa shape index (κ1) is 17.1. The van der Waals surface area contributed by atoms with Crippen LogP contribution >= 0.6 is 15.9 Å². The lowest BCUT2D eigenvalue weighted by Gasteiger charge is -2.22. The molecule has 2 rings (SSSR count). The van der Waals surface area contributed by atoms with Crippen LogP contribution in [0.5, 0.6) is 11.5 Å². The number of ether oxygens (including phenoxy) is 2. The van der Waals surface area contributed by atoms with Gasteiger partial charge in [0.25, 0.3) is 0 Å². The molecule has 1 aliphatic rings. The van der Waals surface area contributed by atoms with Gasteiger partial charge >= 0.3 is 5.97 Å². The van der Waals surface area contributed by atoms with Gasteiger partial charge in [0.1, 0.15) is 0 Å². The molecule has 0 atom stereocenters. The average Bonchev–Trinajstić information content (AvgIpc) is 2.94. The summed E-state index contributed by atoms with van der Waals surface area (Å²) in [7, 11) is 1.61. The quantitative estimate of drug-likeness (QED) is 0.804. The topological polar surface area (TPSA) is 55.8 Å². The summed E-state index contributed by atoms with van der Waals surface area (Å²) < 4.78 is 12.3. The Bertz CT molecular complexity index is 548. The number of carboxylic acid groups (broad SMARTS) is 1. The second-order valence-corrected chi connectivity index (χ2v) is 7.34. The molecular formula is C17H23BrO4. The number of hydrogen-bond donors (Lipinski definition) is 1. The molecule has 0 spiro atoms. The molecule has 0 amide bonds. The highest BCUT2D eigenvalue weighted by Crippen LogP contribution is 2.38. The fraction of sp³-hybridized carbons (Fsp3) is 0.588. The minimum absolute atomic E-state index is 0.252. The molecule has 122 valence electrons. The number of methoxy groups -OCH3 is 1. The second kappa shape index (κ2) is 6.90. The van der Waals surface area contributed by atoms with E-state index in [-0.39, 0.29) is 6.10 Å². The second-order valence-electron chi connectivity index (χ2n) is 6.48. The van der Waals surface area contributed by atoms with Gasteiger partial charge in [0.05, 0.1) is 18.6 Å². The Morgan fingerprint density at radius 2 is 1.95 bits per heavy atom. The van der Waals surface area contributed by atoms with Gasteiger partial charge < -0.3 is 14.6 Å². The maximum Gasteiger partial charge on any atom is 0.309 e. The van der Waals surface area contributed by atoms with Crippen LogP contribution < -0.4 is 9.47 Å². The van der Waals surface area contributed by atoms with Crippen LogP contribution in [0.15, 0.2) is 16.6 Å². The maximum atomic E-state index is 11.3. The minimum atomic E-state index is -0.832. The Hall–Kier alpha value is -1.23. The third-order valence-electron chi connectivity index (χ3n) is 4.14. The Morgan fingerprint density at radius 3 is 2.50 bits per heavy atom. The van der Waals surface area contributed by atoms with Crippen LogP contribution in [-0.4, -0.2) is 24.3 Å². The van der Waals surface area contributed by atoms with E-state index < -0.39 is 11.4 Å². The predicted molar refractivity (Wildman–Crippen MR) is 88.7 cm³/mol. The van der Waals surface area contributed by atoms with Crippen LogP contribution in [0.25, 0.3) is 0 Å². The fourth-order valence-electron chi connectivity index (χ4n) is 2.70. The van der Waals surface area contributed by atoms with E-state index in [1.54, 1.807) is 21.0 Å². The molecule has 1 aromatic carbocycles. The van der Waals surface area contributed by atoms with Gasteiger partial charge in [-0.2, -0.15) is 0 Å². The monoisotopic (exact) mass is 370 g/mol. The number of carbonyl (C=O) groups is 1. The third-order valence-corrected chi connectivity index (χ3v) is 4.88. The van der Waals surface area contributed by atoms with Crippen molar-refractivity contribution in [1.82, 2.24) is 0 Å². The molecule has 0 saturated heterocycles. The highest BCUT2D eigenvalue weighted by molar-refractivity contribution is 9.10. The molecule has 0 aliphatic heterocycles. The summed E-state index contributed by atoms with van der Waals surface area (Å²) in [6, 6.07) is 3.77. The molecule has 1 fully saturated rings. The maximum absolute atomic E-state index is 11.3.